The molecule has 2 fully saturated rings. The normalized spacial score (nSPS) is 29.0. The highest BCUT2D eigenvalue weighted by atomic mass is 14.3. The van der Waals surface area contributed by atoms with Gasteiger partial charge in [-0.15, -0.1) is 0 Å². The van der Waals surface area contributed by atoms with Crippen LogP contribution in [0.2, 0.25) is 0 Å². The summed E-state index contributed by atoms with van der Waals surface area (Å²) in [5, 5.41) is 0. The first-order chi connectivity index (χ1) is 5.97. The van der Waals surface area contributed by atoms with Crippen molar-refractivity contribution in [2.45, 2.75) is 64.2 Å². The second-order valence-electron chi connectivity index (χ2n) is 4.80. The van der Waals surface area contributed by atoms with E-state index < -0.39 is 0 Å². The van der Waals surface area contributed by atoms with E-state index in [0.717, 1.165) is 11.8 Å². The predicted molar refractivity (Wildman–Crippen MR) is 53.2 cm³/mol. The molecule has 0 aromatic heterocycles. The van der Waals surface area contributed by atoms with Crippen LogP contribution in [0.5, 0.6) is 0 Å². The van der Waals surface area contributed by atoms with E-state index >= 15 is 0 Å². The Morgan fingerprint density at radius 1 is 0.417 bits per heavy atom. The van der Waals surface area contributed by atoms with Crippen molar-refractivity contribution in [1.29, 1.82) is 0 Å². The third kappa shape index (κ3) is 2.02. The molecule has 0 atom stereocenters. The Morgan fingerprint density at radius 3 is 1.25 bits per heavy atom. The van der Waals surface area contributed by atoms with Crippen LogP contribution in [0.1, 0.15) is 64.2 Å². The minimum absolute atomic E-state index is 1.14. The van der Waals surface area contributed by atoms with Crippen LogP contribution in [-0.2, 0) is 0 Å². The predicted octanol–water partition coefficient (Wildman–Crippen LogP) is 4.15. The third-order valence-corrected chi connectivity index (χ3v) is 3.97. The Morgan fingerprint density at radius 2 is 0.833 bits per heavy atom. The van der Waals surface area contributed by atoms with E-state index in [9.17, 15) is 0 Å². The zero-order valence-electron chi connectivity index (χ0n) is 8.23. The van der Waals surface area contributed by atoms with Crippen molar-refractivity contribution in [1.82, 2.24) is 0 Å². The maximum absolute atomic E-state index is 1.56. The number of rotatable bonds is 1. The lowest BCUT2D eigenvalue weighted by Gasteiger charge is -2.34. The van der Waals surface area contributed by atoms with E-state index in [0.29, 0.717) is 0 Å². The quantitative estimate of drug-likeness (QED) is 0.549. The molecule has 0 aliphatic heterocycles. The van der Waals surface area contributed by atoms with Crippen LogP contribution in [0.3, 0.4) is 0 Å². The largest absolute Gasteiger partial charge is 0.0533 e. The van der Waals surface area contributed by atoms with E-state index in [2.05, 4.69) is 0 Å². The van der Waals surface area contributed by atoms with Crippen LogP contribution >= 0.6 is 0 Å². The molecular weight excluding hydrogens is 144 g/mol. The molecule has 0 radical (unpaired) electrons. The molecule has 2 saturated carbocycles. The summed E-state index contributed by atoms with van der Waals surface area (Å²) in [6.07, 6.45) is 15.4. The molecule has 0 aromatic carbocycles. The second-order valence-corrected chi connectivity index (χ2v) is 4.80. The lowest BCUT2D eigenvalue weighted by Crippen LogP contribution is -2.22. The fourth-order valence-electron chi connectivity index (χ4n) is 2.87. The fourth-order valence-corrected chi connectivity index (χ4v) is 2.87. The zero-order chi connectivity index (χ0) is 8.23. The van der Waals surface area contributed by atoms with Gasteiger partial charge in [0.05, 0.1) is 0 Å². The van der Waals surface area contributed by atoms with Crippen molar-refractivity contribution >= 4 is 0 Å². The van der Waals surface area contributed by atoms with Gasteiger partial charge in [-0.3, -0.25) is 0 Å². The highest BCUT2D eigenvalue weighted by Crippen LogP contribution is 2.39. The molecular formula is C12H22. The average Bonchev–Trinajstić information content (AvgIpc) is 1.90. The standard InChI is InChI=1S/C12H22/c1-2-4-7-11(8-5-3-1)12-9-6-10-12/h11-12H,1-10H2. The monoisotopic (exact) mass is 166 g/mol. The summed E-state index contributed by atoms with van der Waals surface area (Å²) in [5.41, 5.74) is 0. The molecule has 0 N–H and O–H groups in total. The lowest BCUT2D eigenvalue weighted by molar-refractivity contribution is 0.172. The van der Waals surface area contributed by atoms with Gasteiger partial charge in [-0.1, -0.05) is 64.2 Å². The molecule has 12 heavy (non-hydrogen) atoms. The van der Waals surface area contributed by atoms with Crippen LogP contribution in [0.25, 0.3) is 0 Å². The van der Waals surface area contributed by atoms with Crippen molar-refractivity contribution in [2.75, 3.05) is 0 Å². The van der Waals surface area contributed by atoms with Crippen molar-refractivity contribution in [2.24, 2.45) is 11.8 Å². The van der Waals surface area contributed by atoms with Gasteiger partial charge in [0.15, 0.2) is 0 Å². The van der Waals surface area contributed by atoms with Gasteiger partial charge in [-0.2, -0.15) is 0 Å². The molecule has 0 heteroatoms. The van der Waals surface area contributed by atoms with E-state index in [-0.39, 0.29) is 0 Å². The molecule has 0 aromatic rings. The third-order valence-electron chi connectivity index (χ3n) is 3.97. The number of hydrogen-bond acceptors (Lipinski definition) is 0. The van der Waals surface area contributed by atoms with Crippen molar-refractivity contribution in [3.63, 3.8) is 0 Å². The van der Waals surface area contributed by atoms with Gasteiger partial charge in [0, 0.05) is 0 Å². The molecule has 0 bridgehead atoms. The summed E-state index contributed by atoms with van der Waals surface area (Å²) in [6.45, 7) is 0. The Labute approximate surface area is 76.7 Å². The van der Waals surface area contributed by atoms with Crippen LogP contribution in [0.15, 0.2) is 0 Å². The highest BCUT2D eigenvalue weighted by molar-refractivity contribution is 4.78. The van der Waals surface area contributed by atoms with Crippen molar-refractivity contribution < 1.29 is 0 Å². The second kappa shape index (κ2) is 4.30. The van der Waals surface area contributed by atoms with E-state index in [1.807, 2.05) is 0 Å². The SMILES string of the molecule is C1CCCC(C2CCC2)CCC1. The van der Waals surface area contributed by atoms with Gasteiger partial charge in [0.25, 0.3) is 0 Å². The zero-order valence-corrected chi connectivity index (χ0v) is 8.23. The van der Waals surface area contributed by atoms with E-state index in [1.54, 1.807) is 25.7 Å². The summed E-state index contributed by atoms with van der Waals surface area (Å²) in [4.78, 5) is 0. The molecule has 0 saturated heterocycles. The number of hydrogen-bond donors (Lipinski definition) is 0. The molecule has 2 rings (SSSR count). The molecule has 70 valence electrons. The van der Waals surface area contributed by atoms with Crippen LogP contribution in [0, 0.1) is 11.8 Å². The van der Waals surface area contributed by atoms with Crippen LogP contribution in [0.4, 0.5) is 0 Å². The minimum Gasteiger partial charge on any atom is -0.0533 e. The topological polar surface area (TPSA) is 0 Å². The summed E-state index contributed by atoms with van der Waals surface area (Å²) in [5.74, 6) is 2.29. The molecule has 0 nitrogen and oxygen atoms in total. The molecule has 0 amide bonds. The lowest BCUT2D eigenvalue weighted by atomic mass is 9.71. The Kier molecular flexibility index (Phi) is 3.08. The minimum atomic E-state index is 1.14. The first-order valence-electron chi connectivity index (χ1n) is 5.97. The van der Waals surface area contributed by atoms with Crippen molar-refractivity contribution in [3.05, 3.63) is 0 Å². The Bertz CT molecular complexity index is 116. The van der Waals surface area contributed by atoms with Gasteiger partial charge in [0.2, 0.25) is 0 Å². The van der Waals surface area contributed by atoms with Gasteiger partial charge < -0.3 is 0 Å². The van der Waals surface area contributed by atoms with Gasteiger partial charge in [-0.25, -0.2) is 0 Å². The Balaban J connectivity index is 1.77. The highest BCUT2D eigenvalue weighted by Gasteiger charge is 2.26. The molecule has 0 unspecified atom stereocenters. The smallest absolute Gasteiger partial charge is 0.0386 e. The maximum Gasteiger partial charge on any atom is -0.0386 e. The summed E-state index contributed by atoms with van der Waals surface area (Å²) >= 11 is 0. The van der Waals surface area contributed by atoms with Gasteiger partial charge in [0.1, 0.15) is 0 Å². The summed E-state index contributed by atoms with van der Waals surface area (Å²) < 4.78 is 0. The fraction of sp³-hybridized carbons (Fsp3) is 1.00. The van der Waals surface area contributed by atoms with E-state index in [1.165, 1.54) is 38.5 Å². The van der Waals surface area contributed by atoms with E-state index in [4.69, 9.17) is 0 Å². The Hall–Kier alpha value is 0. The van der Waals surface area contributed by atoms with Gasteiger partial charge in [-0.05, 0) is 11.8 Å². The summed E-state index contributed by atoms with van der Waals surface area (Å²) in [7, 11) is 0. The first kappa shape index (κ1) is 8.59. The maximum atomic E-state index is 1.56. The van der Waals surface area contributed by atoms with Crippen LogP contribution in [-0.4, -0.2) is 0 Å². The molecule has 0 spiro atoms. The first-order valence-corrected chi connectivity index (χ1v) is 5.97. The molecule has 2 aliphatic carbocycles. The molecule has 0 heterocycles. The molecule has 2 aliphatic rings. The summed E-state index contributed by atoms with van der Waals surface area (Å²) in [6, 6.07) is 0. The van der Waals surface area contributed by atoms with Gasteiger partial charge >= 0.3 is 0 Å². The van der Waals surface area contributed by atoms with Crippen molar-refractivity contribution in [3.8, 4) is 0 Å². The van der Waals surface area contributed by atoms with Crippen LogP contribution < -0.4 is 0 Å². The average molecular weight is 166 g/mol.